The summed E-state index contributed by atoms with van der Waals surface area (Å²) >= 11 is 1.83. The van der Waals surface area contributed by atoms with Gasteiger partial charge >= 0.3 is 5.97 Å². The molecule has 186 valence electrons. The zero-order valence-corrected chi connectivity index (χ0v) is 22.4. The third-order valence-corrected chi connectivity index (χ3v) is 8.31. The second kappa shape index (κ2) is 11.4. The summed E-state index contributed by atoms with van der Waals surface area (Å²) in [6.45, 7) is 12.0. The average molecular weight is 491 g/mol. The van der Waals surface area contributed by atoms with Crippen LogP contribution in [0.3, 0.4) is 0 Å². The van der Waals surface area contributed by atoms with E-state index in [-0.39, 0.29) is 24.1 Å². The lowest BCUT2D eigenvalue weighted by Crippen LogP contribution is -2.28. The summed E-state index contributed by atoms with van der Waals surface area (Å²) in [6.07, 6.45) is 7.66. The highest BCUT2D eigenvalue weighted by molar-refractivity contribution is 7.22. The molecular formula is C31H38O3S. The van der Waals surface area contributed by atoms with E-state index in [4.69, 9.17) is 9.47 Å². The lowest BCUT2D eigenvalue weighted by atomic mass is 9.98. The SMILES string of the molecule is C=C(C)C(=O)OC1CCC(Oc2ccc3cc(-c4ccc(CCCCC)cc4CC)sc3c2)C1C. The van der Waals surface area contributed by atoms with E-state index in [9.17, 15) is 4.79 Å². The maximum Gasteiger partial charge on any atom is 0.333 e. The van der Waals surface area contributed by atoms with Gasteiger partial charge in [-0.25, -0.2) is 4.79 Å². The number of carbonyl (C=O) groups excluding carboxylic acids is 1. The molecule has 3 atom stereocenters. The Morgan fingerprint density at radius 3 is 2.60 bits per heavy atom. The molecular weight excluding hydrogens is 452 g/mol. The van der Waals surface area contributed by atoms with Gasteiger partial charge in [0.05, 0.1) is 0 Å². The van der Waals surface area contributed by atoms with Crippen LogP contribution in [-0.2, 0) is 22.4 Å². The summed E-state index contributed by atoms with van der Waals surface area (Å²) in [5, 5.41) is 1.25. The molecule has 4 rings (SSSR count). The number of ether oxygens (including phenoxy) is 2. The van der Waals surface area contributed by atoms with Crippen LogP contribution >= 0.6 is 11.3 Å². The topological polar surface area (TPSA) is 35.5 Å². The van der Waals surface area contributed by atoms with Crippen molar-refractivity contribution in [3.05, 3.63) is 65.7 Å². The second-order valence-electron chi connectivity index (χ2n) is 9.93. The number of esters is 1. The maximum atomic E-state index is 11.9. The van der Waals surface area contributed by atoms with Gasteiger partial charge in [-0.2, -0.15) is 0 Å². The normalized spacial score (nSPS) is 19.7. The number of benzene rings is 2. The van der Waals surface area contributed by atoms with Gasteiger partial charge in [-0.15, -0.1) is 11.3 Å². The predicted octanol–water partition coefficient (Wildman–Crippen LogP) is 8.53. The fraction of sp³-hybridized carbons (Fsp3) is 0.452. The molecule has 0 N–H and O–H groups in total. The summed E-state index contributed by atoms with van der Waals surface area (Å²) in [5.41, 5.74) is 4.67. The van der Waals surface area contributed by atoms with Crippen LogP contribution in [0.5, 0.6) is 5.75 Å². The van der Waals surface area contributed by atoms with Crippen LogP contribution in [0.2, 0.25) is 0 Å². The highest BCUT2D eigenvalue weighted by Crippen LogP contribution is 2.39. The molecule has 0 saturated heterocycles. The highest BCUT2D eigenvalue weighted by atomic mass is 32.1. The molecule has 0 aliphatic heterocycles. The number of aryl methyl sites for hydroxylation is 2. The molecule has 4 heteroatoms. The molecule has 0 radical (unpaired) electrons. The van der Waals surface area contributed by atoms with E-state index in [1.54, 1.807) is 6.92 Å². The first-order chi connectivity index (χ1) is 16.9. The van der Waals surface area contributed by atoms with Crippen molar-refractivity contribution in [3.63, 3.8) is 0 Å². The molecule has 0 bridgehead atoms. The van der Waals surface area contributed by atoms with E-state index in [2.05, 4.69) is 69.8 Å². The minimum Gasteiger partial charge on any atom is -0.490 e. The Morgan fingerprint density at radius 2 is 1.86 bits per heavy atom. The molecule has 1 heterocycles. The zero-order valence-electron chi connectivity index (χ0n) is 21.6. The molecule has 1 saturated carbocycles. The number of carbonyl (C=O) groups is 1. The quantitative estimate of drug-likeness (QED) is 0.162. The number of unbranched alkanes of at least 4 members (excludes halogenated alkanes) is 2. The fourth-order valence-corrected chi connectivity index (χ4v) is 6.12. The first-order valence-corrected chi connectivity index (χ1v) is 13.9. The molecule has 3 unspecified atom stereocenters. The summed E-state index contributed by atoms with van der Waals surface area (Å²) in [4.78, 5) is 13.3. The van der Waals surface area contributed by atoms with Gasteiger partial charge in [-0.3, -0.25) is 0 Å². The number of hydrogen-bond acceptors (Lipinski definition) is 4. The average Bonchev–Trinajstić information content (AvgIpc) is 3.42. The Balaban J connectivity index is 1.48. The Labute approximate surface area is 214 Å². The number of hydrogen-bond donors (Lipinski definition) is 0. The molecule has 2 aromatic carbocycles. The molecule has 1 aliphatic carbocycles. The van der Waals surface area contributed by atoms with Crippen LogP contribution < -0.4 is 4.74 Å². The van der Waals surface area contributed by atoms with E-state index in [1.165, 1.54) is 57.3 Å². The van der Waals surface area contributed by atoms with Crippen LogP contribution in [0.15, 0.2) is 54.6 Å². The van der Waals surface area contributed by atoms with Crippen LogP contribution in [0, 0.1) is 5.92 Å². The van der Waals surface area contributed by atoms with Crippen LogP contribution in [0.25, 0.3) is 20.5 Å². The van der Waals surface area contributed by atoms with Crippen molar-refractivity contribution in [1.29, 1.82) is 0 Å². The van der Waals surface area contributed by atoms with Gasteiger partial charge in [0.15, 0.2) is 0 Å². The monoisotopic (exact) mass is 490 g/mol. The van der Waals surface area contributed by atoms with Crippen LogP contribution in [0.4, 0.5) is 0 Å². The molecule has 3 nitrogen and oxygen atoms in total. The van der Waals surface area contributed by atoms with Crippen molar-refractivity contribution >= 4 is 27.4 Å². The van der Waals surface area contributed by atoms with Gasteiger partial charge in [0.2, 0.25) is 0 Å². The number of rotatable bonds is 10. The third-order valence-electron chi connectivity index (χ3n) is 7.18. The Hall–Kier alpha value is -2.59. The largest absolute Gasteiger partial charge is 0.490 e. The smallest absolute Gasteiger partial charge is 0.333 e. The minimum absolute atomic E-state index is 0.0433. The van der Waals surface area contributed by atoms with Gasteiger partial charge in [-0.1, -0.05) is 58.4 Å². The Kier molecular flexibility index (Phi) is 8.33. The van der Waals surface area contributed by atoms with E-state index in [1.807, 2.05) is 11.3 Å². The summed E-state index contributed by atoms with van der Waals surface area (Å²) in [7, 11) is 0. The summed E-state index contributed by atoms with van der Waals surface area (Å²) in [5.74, 6) is 0.725. The number of fused-ring (bicyclic) bond motifs is 1. The van der Waals surface area contributed by atoms with Gasteiger partial charge in [0.1, 0.15) is 18.0 Å². The first-order valence-electron chi connectivity index (χ1n) is 13.1. The van der Waals surface area contributed by atoms with Crippen molar-refractivity contribution in [3.8, 4) is 16.2 Å². The maximum absolute atomic E-state index is 11.9. The lowest BCUT2D eigenvalue weighted by molar-refractivity contribution is -0.146. The summed E-state index contributed by atoms with van der Waals surface area (Å²) < 4.78 is 13.2. The molecule has 3 aromatic rings. The van der Waals surface area contributed by atoms with Gasteiger partial charge in [0.25, 0.3) is 0 Å². The standard InChI is InChI=1S/C31H38O3S/c1-6-8-9-10-22-11-14-26(23(7-2)17-22)30-18-24-12-13-25(19-29(24)35-30)33-27-15-16-28(21(27)5)34-31(32)20(3)4/h11-14,17-19,21,27-28H,3,6-10,15-16H2,1-2,4-5H3. The van der Waals surface area contributed by atoms with Crippen LogP contribution in [0.1, 0.15) is 70.9 Å². The molecule has 1 aliphatic rings. The Bertz CT molecular complexity index is 1190. The fourth-order valence-electron chi connectivity index (χ4n) is 4.97. The van der Waals surface area contributed by atoms with Gasteiger partial charge in [0, 0.05) is 21.1 Å². The minimum atomic E-state index is -0.310. The lowest BCUT2D eigenvalue weighted by Gasteiger charge is -2.22. The van der Waals surface area contributed by atoms with E-state index < -0.39 is 0 Å². The Morgan fingerprint density at radius 1 is 1.06 bits per heavy atom. The molecule has 0 spiro atoms. The highest BCUT2D eigenvalue weighted by Gasteiger charge is 2.37. The van der Waals surface area contributed by atoms with E-state index >= 15 is 0 Å². The zero-order chi connectivity index (χ0) is 24.9. The van der Waals surface area contributed by atoms with Gasteiger partial charge < -0.3 is 9.47 Å². The molecule has 35 heavy (non-hydrogen) atoms. The molecule has 1 fully saturated rings. The predicted molar refractivity (Wildman–Crippen MR) is 147 cm³/mol. The molecule has 1 aromatic heterocycles. The second-order valence-corrected chi connectivity index (χ2v) is 11.0. The van der Waals surface area contributed by atoms with Crippen LogP contribution in [-0.4, -0.2) is 18.2 Å². The van der Waals surface area contributed by atoms with Crippen molar-refractivity contribution in [2.45, 2.75) is 84.8 Å². The van der Waals surface area contributed by atoms with Crippen molar-refractivity contribution in [2.24, 2.45) is 5.92 Å². The third kappa shape index (κ3) is 5.98. The van der Waals surface area contributed by atoms with Crippen molar-refractivity contribution in [2.75, 3.05) is 0 Å². The van der Waals surface area contributed by atoms with E-state index in [0.29, 0.717) is 5.57 Å². The van der Waals surface area contributed by atoms with Crippen molar-refractivity contribution < 1.29 is 14.3 Å². The van der Waals surface area contributed by atoms with Crippen molar-refractivity contribution in [1.82, 2.24) is 0 Å². The number of thiophene rings is 1. The van der Waals surface area contributed by atoms with E-state index in [0.717, 1.165) is 25.0 Å². The summed E-state index contributed by atoms with van der Waals surface area (Å²) in [6, 6.07) is 15.7. The molecule has 0 amide bonds. The first kappa shape index (κ1) is 25.5. The van der Waals surface area contributed by atoms with Gasteiger partial charge in [-0.05, 0) is 85.4 Å².